The Hall–Kier alpha value is -2.82. The van der Waals surface area contributed by atoms with Gasteiger partial charge in [0, 0.05) is 30.9 Å². The average molecular weight is 383 g/mol. The zero-order chi connectivity index (χ0) is 20.4. The Morgan fingerprint density at radius 2 is 1.46 bits per heavy atom. The maximum absolute atomic E-state index is 12.4. The molecule has 0 unspecified atom stereocenters. The lowest BCUT2D eigenvalue weighted by molar-refractivity contribution is 0.0827. The van der Waals surface area contributed by atoms with Gasteiger partial charge in [-0.1, -0.05) is 32.6 Å². The number of carbonyl (C=O) groups excluding carboxylic acids is 2. The van der Waals surface area contributed by atoms with Crippen LogP contribution in [0, 0.1) is 0 Å². The second-order valence-corrected chi connectivity index (χ2v) is 7.02. The van der Waals surface area contributed by atoms with Crippen LogP contribution in [0.15, 0.2) is 48.5 Å². The number of hydrogen-bond acceptors (Lipinski definition) is 3. The van der Waals surface area contributed by atoms with E-state index in [-0.39, 0.29) is 11.8 Å². The minimum atomic E-state index is -0.196. The van der Waals surface area contributed by atoms with Crippen LogP contribution in [0.1, 0.15) is 59.7 Å². The summed E-state index contributed by atoms with van der Waals surface area (Å²) in [6, 6.07) is 14.0. The van der Waals surface area contributed by atoms with E-state index in [1.165, 1.54) is 30.6 Å². The van der Waals surface area contributed by atoms with Gasteiger partial charge < -0.3 is 15.0 Å². The van der Waals surface area contributed by atoms with E-state index in [2.05, 4.69) is 12.2 Å². The fraction of sp³-hybridized carbons (Fsp3) is 0.391. The summed E-state index contributed by atoms with van der Waals surface area (Å²) >= 11 is 0. The molecular formula is C23H30N2O3. The number of anilines is 1. The molecule has 0 aromatic heterocycles. The highest BCUT2D eigenvalue weighted by Gasteiger charge is 2.09. The molecule has 2 aromatic rings. The van der Waals surface area contributed by atoms with E-state index < -0.39 is 0 Å². The van der Waals surface area contributed by atoms with Gasteiger partial charge in [-0.2, -0.15) is 0 Å². The first-order chi connectivity index (χ1) is 13.5. The molecule has 0 aliphatic carbocycles. The molecular weight excluding hydrogens is 352 g/mol. The highest BCUT2D eigenvalue weighted by molar-refractivity contribution is 6.04. The van der Waals surface area contributed by atoms with Crippen molar-refractivity contribution < 1.29 is 14.3 Å². The standard InChI is InChI=1S/C23H30N2O3/c1-4-5-6-7-8-17-28-21-15-11-18(12-16-21)22(26)24-20-13-9-19(10-14-20)23(27)25(2)3/h9-16H,4-8,17H2,1-3H3,(H,24,26). The largest absolute Gasteiger partial charge is 0.494 e. The molecule has 5 heteroatoms. The third kappa shape index (κ3) is 6.72. The average Bonchev–Trinajstić information content (AvgIpc) is 2.71. The third-order valence-electron chi connectivity index (χ3n) is 4.43. The van der Waals surface area contributed by atoms with Crippen molar-refractivity contribution in [2.45, 2.75) is 39.0 Å². The fourth-order valence-corrected chi connectivity index (χ4v) is 2.76. The summed E-state index contributed by atoms with van der Waals surface area (Å²) in [6.07, 6.45) is 6.01. The van der Waals surface area contributed by atoms with Crippen LogP contribution in [0.3, 0.4) is 0 Å². The minimum Gasteiger partial charge on any atom is -0.494 e. The van der Waals surface area contributed by atoms with Gasteiger partial charge >= 0.3 is 0 Å². The zero-order valence-corrected chi connectivity index (χ0v) is 17.0. The van der Waals surface area contributed by atoms with Crippen LogP contribution in [0.4, 0.5) is 5.69 Å². The lowest BCUT2D eigenvalue weighted by atomic mass is 10.1. The molecule has 2 aromatic carbocycles. The predicted molar refractivity (Wildman–Crippen MR) is 113 cm³/mol. The lowest BCUT2D eigenvalue weighted by Gasteiger charge is -2.11. The van der Waals surface area contributed by atoms with Gasteiger partial charge in [-0.25, -0.2) is 0 Å². The molecule has 0 bridgehead atoms. The maximum Gasteiger partial charge on any atom is 0.255 e. The highest BCUT2D eigenvalue weighted by Crippen LogP contribution is 2.16. The number of nitrogens with zero attached hydrogens (tertiary/aromatic N) is 1. The van der Waals surface area contributed by atoms with Crippen LogP contribution in [-0.2, 0) is 0 Å². The minimum absolute atomic E-state index is 0.0705. The van der Waals surface area contributed by atoms with Crippen molar-refractivity contribution in [2.24, 2.45) is 0 Å². The fourth-order valence-electron chi connectivity index (χ4n) is 2.76. The molecule has 5 nitrogen and oxygen atoms in total. The smallest absolute Gasteiger partial charge is 0.255 e. The number of nitrogens with one attached hydrogen (secondary N) is 1. The second-order valence-electron chi connectivity index (χ2n) is 7.02. The van der Waals surface area contributed by atoms with Gasteiger partial charge in [0.1, 0.15) is 5.75 Å². The van der Waals surface area contributed by atoms with Crippen LogP contribution in [0.2, 0.25) is 0 Å². The Morgan fingerprint density at radius 3 is 2.07 bits per heavy atom. The molecule has 28 heavy (non-hydrogen) atoms. The summed E-state index contributed by atoms with van der Waals surface area (Å²) in [5, 5.41) is 2.84. The number of carbonyl (C=O) groups is 2. The van der Waals surface area contributed by atoms with Crippen LogP contribution >= 0.6 is 0 Å². The van der Waals surface area contributed by atoms with E-state index >= 15 is 0 Å². The summed E-state index contributed by atoms with van der Waals surface area (Å²) in [4.78, 5) is 25.8. The predicted octanol–water partition coefficient (Wildman–Crippen LogP) is 4.99. The Kier molecular flexibility index (Phi) is 8.53. The van der Waals surface area contributed by atoms with E-state index in [4.69, 9.17) is 4.74 Å². The van der Waals surface area contributed by atoms with Crippen LogP contribution in [0.5, 0.6) is 5.75 Å². The van der Waals surface area contributed by atoms with Gasteiger partial charge in [-0.15, -0.1) is 0 Å². The molecule has 0 aliphatic heterocycles. The van der Waals surface area contributed by atoms with Gasteiger partial charge in [-0.05, 0) is 55.0 Å². The monoisotopic (exact) mass is 382 g/mol. The van der Waals surface area contributed by atoms with Crippen LogP contribution < -0.4 is 10.1 Å². The summed E-state index contributed by atoms with van der Waals surface area (Å²) in [5.41, 5.74) is 1.79. The van der Waals surface area contributed by atoms with Gasteiger partial charge in [-0.3, -0.25) is 9.59 Å². The number of unbranched alkanes of at least 4 members (excludes halogenated alkanes) is 4. The highest BCUT2D eigenvalue weighted by atomic mass is 16.5. The molecule has 2 rings (SSSR count). The summed E-state index contributed by atoms with van der Waals surface area (Å²) < 4.78 is 5.73. The number of hydrogen-bond donors (Lipinski definition) is 1. The Labute approximate surface area is 167 Å². The van der Waals surface area contributed by atoms with Gasteiger partial charge in [0.2, 0.25) is 0 Å². The molecule has 0 saturated carbocycles. The quantitative estimate of drug-likeness (QED) is 0.589. The van der Waals surface area contributed by atoms with E-state index in [0.717, 1.165) is 12.2 Å². The van der Waals surface area contributed by atoms with E-state index in [9.17, 15) is 9.59 Å². The van der Waals surface area contributed by atoms with Crippen molar-refractivity contribution in [2.75, 3.05) is 26.0 Å². The molecule has 0 radical (unpaired) electrons. The van der Waals surface area contributed by atoms with Crippen molar-refractivity contribution in [3.63, 3.8) is 0 Å². The zero-order valence-electron chi connectivity index (χ0n) is 17.0. The Bertz CT molecular complexity index is 752. The molecule has 2 amide bonds. The lowest BCUT2D eigenvalue weighted by Crippen LogP contribution is -2.21. The van der Waals surface area contributed by atoms with Crippen molar-refractivity contribution in [1.82, 2.24) is 4.90 Å². The Balaban J connectivity index is 1.83. The first kappa shape index (κ1) is 21.5. The van der Waals surface area contributed by atoms with Crippen molar-refractivity contribution in [3.05, 3.63) is 59.7 Å². The van der Waals surface area contributed by atoms with Gasteiger partial charge in [0.15, 0.2) is 0 Å². The van der Waals surface area contributed by atoms with Crippen LogP contribution in [-0.4, -0.2) is 37.4 Å². The second kappa shape index (κ2) is 11.1. The first-order valence-corrected chi connectivity index (χ1v) is 9.87. The third-order valence-corrected chi connectivity index (χ3v) is 4.43. The molecule has 0 atom stereocenters. The Morgan fingerprint density at radius 1 is 0.857 bits per heavy atom. The normalized spacial score (nSPS) is 10.4. The number of amides is 2. The van der Waals surface area contributed by atoms with Crippen molar-refractivity contribution in [3.8, 4) is 5.75 Å². The maximum atomic E-state index is 12.4. The molecule has 150 valence electrons. The topological polar surface area (TPSA) is 58.6 Å². The molecule has 0 saturated heterocycles. The molecule has 1 N–H and O–H groups in total. The van der Waals surface area contributed by atoms with E-state index in [0.29, 0.717) is 23.4 Å². The van der Waals surface area contributed by atoms with Gasteiger partial charge in [0.05, 0.1) is 6.61 Å². The van der Waals surface area contributed by atoms with Gasteiger partial charge in [0.25, 0.3) is 11.8 Å². The van der Waals surface area contributed by atoms with Crippen molar-refractivity contribution >= 4 is 17.5 Å². The number of benzene rings is 2. The summed E-state index contributed by atoms with van der Waals surface area (Å²) in [6.45, 7) is 2.91. The SMILES string of the molecule is CCCCCCCOc1ccc(C(=O)Nc2ccc(C(=O)N(C)C)cc2)cc1. The summed E-state index contributed by atoms with van der Waals surface area (Å²) in [7, 11) is 3.41. The molecule has 0 fully saturated rings. The van der Waals surface area contributed by atoms with Crippen molar-refractivity contribution in [1.29, 1.82) is 0 Å². The van der Waals surface area contributed by atoms with E-state index in [1.807, 2.05) is 12.1 Å². The summed E-state index contributed by atoms with van der Waals surface area (Å²) in [5.74, 6) is 0.509. The first-order valence-electron chi connectivity index (χ1n) is 9.87. The molecule has 0 spiro atoms. The molecule has 0 aliphatic rings. The number of rotatable bonds is 10. The van der Waals surface area contributed by atoms with Crippen LogP contribution in [0.25, 0.3) is 0 Å². The van der Waals surface area contributed by atoms with E-state index in [1.54, 1.807) is 50.5 Å². The number of ether oxygens (including phenoxy) is 1. The molecule has 0 heterocycles.